The van der Waals surface area contributed by atoms with Gasteiger partial charge in [-0.25, -0.2) is 4.39 Å². The van der Waals surface area contributed by atoms with Crippen LogP contribution < -0.4 is 5.32 Å². The summed E-state index contributed by atoms with van der Waals surface area (Å²) in [5.41, 5.74) is 1.45. The van der Waals surface area contributed by atoms with Crippen LogP contribution in [0.2, 0.25) is 0 Å². The number of para-hydroxylation sites is 1. The summed E-state index contributed by atoms with van der Waals surface area (Å²) in [6.07, 6.45) is 3.52. The van der Waals surface area contributed by atoms with Crippen molar-refractivity contribution < 1.29 is 13.6 Å². The third-order valence-corrected chi connectivity index (χ3v) is 5.13. The lowest BCUT2D eigenvalue weighted by molar-refractivity contribution is -0.116. The standard InChI is InChI=1S/C21H27FN2O2/c1-15-12-18(26-16(15)2)14-24-11-5-6-17(13-24)9-10-21(25)23-20-8-4-3-7-19(20)22/h3-4,7-8,12,17H,5-6,9-11,13-14H2,1-2H3,(H,23,25)/t17-/m0/s1. The molecule has 1 aliphatic rings. The molecule has 1 N–H and O–H groups in total. The lowest BCUT2D eigenvalue weighted by atomic mass is 9.93. The van der Waals surface area contributed by atoms with Crippen LogP contribution in [0, 0.1) is 25.6 Å². The van der Waals surface area contributed by atoms with Crippen LogP contribution in [0.3, 0.4) is 0 Å². The molecule has 1 fully saturated rings. The molecule has 0 spiro atoms. The Balaban J connectivity index is 1.46. The van der Waals surface area contributed by atoms with Crippen LogP contribution in [-0.4, -0.2) is 23.9 Å². The van der Waals surface area contributed by atoms with Gasteiger partial charge in [-0.1, -0.05) is 12.1 Å². The molecule has 1 atom stereocenters. The maximum absolute atomic E-state index is 13.6. The Morgan fingerprint density at radius 1 is 1.35 bits per heavy atom. The number of carbonyl (C=O) groups excluding carboxylic acids is 1. The summed E-state index contributed by atoms with van der Waals surface area (Å²) < 4.78 is 19.4. The van der Waals surface area contributed by atoms with Crippen molar-refractivity contribution in [3.05, 3.63) is 53.2 Å². The number of piperidine rings is 1. The highest BCUT2D eigenvalue weighted by Crippen LogP contribution is 2.24. The molecule has 1 aromatic heterocycles. The van der Waals surface area contributed by atoms with Crippen LogP contribution in [0.4, 0.5) is 10.1 Å². The van der Waals surface area contributed by atoms with E-state index in [1.54, 1.807) is 18.2 Å². The Kier molecular flexibility index (Phi) is 6.09. The zero-order chi connectivity index (χ0) is 18.5. The van der Waals surface area contributed by atoms with Gasteiger partial charge in [0.15, 0.2) is 0 Å². The molecule has 2 aromatic rings. The molecule has 1 amide bonds. The van der Waals surface area contributed by atoms with E-state index in [9.17, 15) is 9.18 Å². The molecule has 0 bridgehead atoms. The van der Waals surface area contributed by atoms with Gasteiger partial charge in [0.1, 0.15) is 17.3 Å². The Labute approximate surface area is 154 Å². The Morgan fingerprint density at radius 2 is 2.15 bits per heavy atom. The SMILES string of the molecule is Cc1cc(CN2CCC[C@@H](CCC(=O)Nc3ccccc3F)C2)oc1C. The average Bonchev–Trinajstić information content (AvgIpc) is 2.93. The molecule has 1 saturated heterocycles. The van der Waals surface area contributed by atoms with Crippen molar-refractivity contribution in [2.75, 3.05) is 18.4 Å². The lowest BCUT2D eigenvalue weighted by Gasteiger charge is -2.32. The molecule has 2 heterocycles. The van der Waals surface area contributed by atoms with Crippen LogP contribution >= 0.6 is 0 Å². The number of anilines is 1. The number of hydrogen-bond acceptors (Lipinski definition) is 3. The maximum Gasteiger partial charge on any atom is 0.224 e. The number of halogens is 1. The molecule has 0 unspecified atom stereocenters. The molecule has 140 valence electrons. The summed E-state index contributed by atoms with van der Waals surface area (Å²) in [6.45, 7) is 6.93. The average molecular weight is 358 g/mol. The van der Waals surface area contributed by atoms with Gasteiger partial charge in [0.2, 0.25) is 5.91 Å². The highest BCUT2D eigenvalue weighted by Gasteiger charge is 2.22. The highest BCUT2D eigenvalue weighted by atomic mass is 19.1. The minimum atomic E-state index is -0.395. The van der Waals surface area contributed by atoms with E-state index in [2.05, 4.69) is 23.2 Å². The van der Waals surface area contributed by atoms with Crippen molar-refractivity contribution in [2.45, 2.75) is 46.1 Å². The van der Waals surface area contributed by atoms with Crippen molar-refractivity contribution >= 4 is 11.6 Å². The predicted octanol–water partition coefficient (Wildman–Crippen LogP) is 4.67. The van der Waals surface area contributed by atoms with Gasteiger partial charge in [0.25, 0.3) is 0 Å². The number of carbonyl (C=O) groups is 1. The van der Waals surface area contributed by atoms with Crippen LogP contribution in [0.25, 0.3) is 0 Å². The van der Waals surface area contributed by atoms with Crippen molar-refractivity contribution in [2.24, 2.45) is 5.92 Å². The molecule has 5 heteroatoms. The smallest absolute Gasteiger partial charge is 0.224 e. The van der Waals surface area contributed by atoms with Crippen LogP contribution in [-0.2, 0) is 11.3 Å². The fourth-order valence-corrected chi connectivity index (χ4v) is 3.59. The zero-order valence-corrected chi connectivity index (χ0v) is 15.6. The number of furan rings is 1. The number of nitrogens with one attached hydrogen (secondary N) is 1. The van der Waals surface area contributed by atoms with Gasteiger partial charge < -0.3 is 9.73 Å². The Morgan fingerprint density at radius 3 is 2.88 bits per heavy atom. The first-order valence-corrected chi connectivity index (χ1v) is 9.34. The molecule has 4 nitrogen and oxygen atoms in total. The van der Waals surface area contributed by atoms with Crippen LogP contribution in [0.1, 0.15) is 42.8 Å². The summed E-state index contributed by atoms with van der Waals surface area (Å²) in [5, 5.41) is 2.67. The maximum atomic E-state index is 13.6. The largest absolute Gasteiger partial charge is 0.465 e. The van der Waals surface area contributed by atoms with Crippen molar-refractivity contribution in [1.29, 1.82) is 0 Å². The van der Waals surface area contributed by atoms with Gasteiger partial charge in [-0.3, -0.25) is 9.69 Å². The second kappa shape index (κ2) is 8.49. The van der Waals surface area contributed by atoms with Crippen molar-refractivity contribution in [3.63, 3.8) is 0 Å². The van der Waals surface area contributed by atoms with Gasteiger partial charge in [0, 0.05) is 13.0 Å². The summed E-state index contributed by atoms with van der Waals surface area (Å²) >= 11 is 0. The number of rotatable bonds is 6. The number of likely N-dealkylation sites (tertiary alicyclic amines) is 1. The molecule has 3 rings (SSSR count). The molecular formula is C21H27FN2O2. The first-order chi connectivity index (χ1) is 12.5. The number of nitrogens with zero attached hydrogens (tertiary/aromatic N) is 1. The van der Waals surface area contributed by atoms with Gasteiger partial charge in [-0.15, -0.1) is 0 Å². The van der Waals surface area contributed by atoms with Crippen LogP contribution in [0.15, 0.2) is 34.7 Å². The molecule has 0 saturated carbocycles. The van der Waals surface area contributed by atoms with Crippen molar-refractivity contribution in [3.8, 4) is 0 Å². The predicted molar refractivity (Wildman–Crippen MR) is 100 cm³/mol. The quantitative estimate of drug-likeness (QED) is 0.816. The second-order valence-electron chi connectivity index (χ2n) is 7.26. The zero-order valence-electron chi connectivity index (χ0n) is 15.6. The van der Waals surface area contributed by atoms with E-state index in [1.807, 2.05) is 6.92 Å². The third kappa shape index (κ3) is 4.94. The van der Waals surface area contributed by atoms with Gasteiger partial charge in [0.05, 0.1) is 12.2 Å². The summed E-state index contributed by atoms with van der Waals surface area (Å²) in [4.78, 5) is 14.5. The van der Waals surface area contributed by atoms with E-state index in [0.29, 0.717) is 12.3 Å². The van der Waals surface area contributed by atoms with Gasteiger partial charge in [-0.2, -0.15) is 0 Å². The first kappa shape index (κ1) is 18.6. The summed E-state index contributed by atoms with van der Waals surface area (Å²) in [5.74, 6) is 1.97. The molecule has 1 aliphatic heterocycles. The van der Waals surface area contributed by atoms with E-state index in [4.69, 9.17) is 4.42 Å². The van der Waals surface area contributed by atoms with Gasteiger partial charge >= 0.3 is 0 Å². The fourth-order valence-electron chi connectivity index (χ4n) is 3.59. The molecule has 0 radical (unpaired) electrons. The summed E-state index contributed by atoms with van der Waals surface area (Å²) in [6, 6.07) is 8.38. The normalized spacial score (nSPS) is 18.0. The minimum absolute atomic E-state index is 0.121. The Bertz CT molecular complexity index is 737. The molecule has 0 aliphatic carbocycles. The van der Waals surface area contributed by atoms with Gasteiger partial charge in [-0.05, 0) is 69.3 Å². The minimum Gasteiger partial charge on any atom is -0.465 e. The molecule has 1 aromatic carbocycles. The van der Waals surface area contributed by atoms with E-state index in [0.717, 1.165) is 50.4 Å². The fraction of sp³-hybridized carbons (Fsp3) is 0.476. The van der Waals surface area contributed by atoms with E-state index in [1.165, 1.54) is 11.6 Å². The molecular weight excluding hydrogens is 331 g/mol. The lowest BCUT2D eigenvalue weighted by Crippen LogP contribution is -2.35. The number of hydrogen-bond donors (Lipinski definition) is 1. The number of amides is 1. The number of benzene rings is 1. The third-order valence-electron chi connectivity index (χ3n) is 5.13. The first-order valence-electron chi connectivity index (χ1n) is 9.34. The highest BCUT2D eigenvalue weighted by molar-refractivity contribution is 5.90. The van der Waals surface area contributed by atoms with E-state index >= 15 is 0 Å². The van der Waals surface area contributed by atoms with E-state index < -0.39 is 5.82 Å². The number of aryl methyl sites for hydroxylation is 2. The monoisotopic (exact) mass is 358 g/mol. The molecule has 26 heavy (non-hydrogen) atoms. The van der Waals surface area contributed by atoms with Crippen LogP contribution in [0.5, 0.6) is 0 Å². The summed E-state index contributed by atoms with van der Waals surface area (Å²) in [7, 11) is 0. The topological polar surface area (TPSA) is 45.5 Å². The second-order valence-corrected chi connectivity index (χ2v) is 7.26. The van der Waals surface area contributed by atoms with E-state index in [-0.39, 0.29) is 11.6 Å². The van der Waals surface area contributed by atoms with Crippen molar-refractivity contribution in [1.82, 2.24) is 4.90 Å². The Hall–Kier alpha value is -2.14.